The molecular formula is C3HClNNaS. The molecule has 0 radical (unpaired) electrons. The van der Waals surface area contributed by atoms with Crippen LogP contribution in [-0.2, 0) is 0 Å². The van der Waals surface area contributed by atoms with Crippen LogP contribution in [0.4, 0.5) is 0 Å². The summed E-state index contributed by atoms with van der Waals surface area (Å²) in [5.41, 5.74) is 0. The maximum absolute atomic E-state index is 5.32. The molecule has 7 heavy (non-hydrogen) atoms. The summed E-state index contributed by atoms with van der Waals surface area (Å²) < 4.78 is 3.67. The van der Waals surface area contributed by atoms with Crippen LogP contribution in [0.15, 0.2) is 6.07 Å². The molecule has 1 nitrogen and oxygen atoms in total. The summed E-state index contributed by atoms with van der Waals surface area (Å²) in [4.78, 5) is 0. The van der Waals surface area contributed by atoms with Crippen LogP contribution < -0.4 is 29.6 Å². The first kappa shape index (κ1) is 7.92. The Morgan fingerprint density at radius 2 is 2.57 bits per heavy atom. The largest absolute Gasteiger partial charge is 1.00 e. The summed E-state index contributed by atoms with van der Waals surface area (Å²) in [6.07, 6.45) is 0. The first-order valence-electron chi connectivity index (χ1n) is 1.38. The van der Waals surface area contributed by atoms with Crippen molar-refractivity contribution in [1.82, 2.24) is 4.37 Å². The molecule has 0 unspecified atom stereocenters. The second kappa shape index (κ2) is 3.87. The number of aromatic nitrogens is 1. The summed E-state index contributed by atoms with van der Waals surface area (Å²) in [7, 11) is 0. The Bertz CT molecular complexity index is 118. The third-order valence-electron chi connectivity index (χ3n) is 0.364. The maximum atomic E-state index is 5.32. The van der Waals surface area contributed by atoms with E-state index in [4.69, 9.17) is 11.6 Å². The fourth-order valence-corrected chi connectivity index (χ4v) is 0.751. The van der Waals surface area contributed by atoms with Crippen LogP contribution >= 0.6 is 23.1 Å². The smallest absolute Gasteiger partial charge is 0.297 e. The van der Waals surface area contributed by atoms with E-state index >= 15 is 0 Å². The van der Waals surface area contributed by atoms with E-state index in [9.17, 15) is 0 Å². The molecule has 1 rings (SSSR count). The van der Waals surface area contributed by atoms with E-state index in [0.717, 1.165) is 0 Å². The Kier molecular flexibility index (Phi) is 4.37. The molecule has 0 spiro atoms. The van der Waals surface area contributed by atoms with E-state index in [1.165, 1.54) is 11.5 Å². The molecule has 0 aromatic carbocycles. The third kappa shape index (κ3) is 2.67. The minimum Gasteiger partial charge on any atom is -0.297 e. The van der Waals surface area contributed by atoms with Crippen molar-refractivity contribution in [1.29, 1.82) is 0 Å². The normalized spacial score (nSPS) is 7.57. The van der Waals surface area contributed by atoms with Crippen molar-refractivity contribution in [2.75, 3.05) is 0 Å². The third-order valence-corrected chi connectivity index (χ3v) is 1.17. The Balaban J connectivity index is 0.000000360. The molecule has 0 aliphatic heterocycles. The van der Waals surface area contributed by atoms with E-state index in [2.05, 4.69) is 9.75 Å². The molecule has 1 aromatic heterocycles. The average Bonchev–Trinajstić information content (AvgIpc) is 1.86. The standard InChI is InChI=1S/C3HClNS.Na/c4-3-1-2-6-5-3;/h1H;/q-1;+1. The van der Waals surface area contributed by atoms with Gasteiger partial charge in [-0.15, -0.1) is 0 Å². The van der Waals surface area contributed by atoms with Crippen molar-refractivity contribution < 1.29 is 29.6 Å². The van der Waals surface area contributed by atoms with Crippen molar-refractivity contribution in [3.63, 3.8) is 0 Å². The molecule has 4 heteroatoms. The van der Waals surface area contributed by atoms with Gasteiger partial charge in [0.05, 0.1) is 0 Å². The Morgan fingerprint density at radius 1 is 1.86 bits per heavy atom. The molecule has 1 heterocycles. The number of halogens is 1. The van der Waals surface area contributed by atoms with Gasteiger partial charge in [-0.3, -0.25) is 4.37 Å². The molecule has 0 N–H and O–H groups in total. The summed E-state index contributed by atoms with van der Waals surface area (Å²) in [5.74, 6) is 0. The van der Waals surface area contributed by atoms with Crippen molar-refractivity contribution in [2.24, 2.45) is 0 Å². The van der Waals surface area contributed by atoms with Gasteiger partial charge in [0.1, 0.15) is 0 Å². The van der Waals surface area contributed by atoms with Gasteiger partial charge in [-0.05, 0) is 5.15 Å². The number of hydrogen-bond donors (Lipinski definition) is 0. The van der Waals surface area contributed by atoms with Crippen molar-refractivity contribution in [3.05, 3.63) is 16.6 Å². The van der Waals surface area contributed by atoms with Gasteiger partial charge < -0.3 is 0 Å². The topological polar surface area (TPSA) is 12.9 Å². The summed E-state index contributed by atoms with van der Waals surface area (Å²) >= 11 is 6.56. The minimum atomic E-state index is 0. The van der Waals surface area contributed by atoms with Gasteiger partial charge in [0, 0.05) is 0 Å². The molecule has 0 saturated heterocycles. The monoisotopic (exact) mass is 141 g/mol. The first-order valence-corrected chi connectivity index (χ1v) is 2.53. The van der Waals surface area contributed by atoms with Gasteiger partial charge in [0.15, 0.2) is 0 Å². The van der Waals surface area contributed by atoms with Crippen molar-refractivity contribution in [3.8, 4) is 0 Å². The second-order valence-corrected chi connectivity index (χ2v) is 1.76. The van der Waals surface area contributed by atoms with E-state index < -0.39 is 0 Å². The van der Waals surface area contributed by atoms with Gasteiger partial charge in [-0.2, -0.15) is 34.6 Å². The van der Waals surface area contributed by atoms with Crippen LogP contribution in [0.5, 0.6) is 0 Å². The SMILES string of the molecule is Clc1c[c-]sn1.[Na+]. The molecule has 0 atom stereocenters. The van der Waals surface area contributed by atoms with Crippen LogP contribution in [0.1, 0.15) is 0 Å². The molecule has 0 aliphatic carbocycles. The number of rotatable bonds is 0. The zero-order chi connectivity index (χ0) is 4.41. The number of hydrogen-bond acceptors (Lipinski definition) is 2. The molecular weight excluding hydrogens is 141 g/mol. The van der Waals surface area contributed by atoms with Crippen LogP contribution in [-0.4, -0.2) is 4.37 Å². The zero-order valence-electron chi connectivity index (χ0n) is 3.81. The van der Waals surface area contributed by atoms with E-state index in [0.29, 0.717) is 5.15 Å². The van der Waals surface area contributed by atoms with Gasteiger partial charge in [-0.1, -0.05) is 0 Å². The minimum absolute atomic E-state index is 0. The van der Waals surface area contributed by atoms with Gasteiger partial charge in [0.25, 0.3) is 0 Å². The summed E-state index contributed by atoms with van der Waals surface area (Å²) in [6, 6.07) is 1.63. The van der Waals surface area contributed by atoms with Crippen LogP contribution in [0.2, 0.25) is 5.15 Å². The van der Waals surface area contributed by atoms with Crippen LogP contribution in [0.3, 0.4) is 0 Å². The van der Waals surface area contributed by atoms with E-state index in [1.807, 2.05) is 0 Å². The Hall–Kier alpha value is 0.920. The average molecular weight is 142 g/mol. The van der Waals surface area contributed by atoms with Crippen LogP contribution in [0.25, 0.3) is 0 Å². The van der Waals surface area contributed by atoms with Gasteiger partial charge >= 0.3 is 29.6 Å². The van der Waals surface area contributed by atoms with Crippen molar-refractivity contribution in [2.45, 2.75) is 0 Å². The molecule has 0 bridgehead atoms. The first-order chi connectivity index (χ1) is 2.89. The predicted octanol–water partition coefficient (Wildman–Crippen LogP) is -1.40. The summed E-state index contributed by atoms with van der Waals surface area (Å²) in [5, 5.41) is 3.26. The molecule has 32 valence electrons. The summed E-state index contributed by atoms with van der Waals surface area (Å²) in [6.45, 7) is 0. The second-order valence-electron chi connectivity index (χ2n) is 0.767. The van der Waals surface area contributed by atoms with Crippen molar-refractivity contribution >= 4 is 23.1 Å². The molecule has 0 fully saturated rings. The molecule has 0 saturated carbocycles. The fraction of sp³-hybridized carbons (Fsp3) is 0. The maximum Gasteiger partial charge on any atom is 1.00 e. The molecule has 0 aliphatic rings. The zero-order valence-corrected chi connectivity index (χ0v) is 7.38. The van der Waals surface area contributed by atoms with Gasteiger partial charge in [-0.25, -0.2) is 0 Å². The fourth-order valence-electron chi connectivity index (χ4n) is 0.171. The van der Waals surface area contributed by atoms with E-state index in [1.54, 1.807) is 6.07 Å². The van der Waals surface area contributed by atoms with Crippen LogP contribution in [0, 0.1) is 5.38 Å². The quantitative estimate of drug-likeness (QED) is 0.320. The Labute approximate surface area is 73.1 Å². The molecule has 0 amide bonds. The number of nitrogens with zero attached hydrogens (tertiary/aromatic N) is 1. The predicted molar refractivity (Wildman–Crippen MR) is 26.0 cm³/mol. The van der Waals surface area contributed by atoms with E-state index in [-0.39, 0.29) is 29.6 Å². The van der Waals surface area contributed by atoms with Gasteiger partial charge in [0.2, 0.25) is 0 Å². The Morgan fingerprint density at radius 3 is 2.71 bits per heavy atom. The molecule has 1 aromatic rings.